The van der Waals surface area contributed by atoms with Crippen LogP contribution in [0.25, 0.3) is 10.2 Å². The second kappa shape index (κ2) is 9.32. The van der Waals surface area contributed by atoms with E-state index in [9.17, 15) is 9.59 Å². The molecule has 2 aromatic carbocycles. The van der Waals surface area contributed by atoms with Crippen molar-refractivity contribution in [2.75, 3.05) is 11.9 Å². The van der Waals surface area contributed by atoms with E-state index in [0.717, 1.165) is 15.2 Å². The molecule has 1 aromatic heterocycles. The Morgan fingerprint density at radius 2 is 1.89 bits per heavy atom. The number of hydrogen-bond acceptors (Lipinski definition) is 6. The summed E-state index contributed by atoms with van der Waals surface area (Å²) in [6.07, 6.45) is -0.246. The highest BCUT2D eigenvalue weighted by Gasteiger charge is 2.19. The van der Waals surface area contributed by atoms with Crippen molar-refractivity contribution in [1.82, 2.24) is 4.98 Å². The highest BCUT2D eigenvalue weighted by molar-refractivity contribution is 7.18. The fourth-order valence-corrected chi connectivity index (χ4v) is 3.60. The van der Waals surface area contributed by atoms with Gasteiger partial charge in [0.1, 0.15) is 5.75 Å². The molecule has 7 heteroatoms. The lowest BCUT2D eigenvalue weighted by atomic mass is 10.2. The van der Waals surface area contributed by atoms with Crippen LogP contribution in [-0.2, 0) is 20.7 Å². The van der Waals surface area contributed by atoms with Crippen LogP contribution in [0.4, 0.5) is 5.69 Å². The molecule has 0 radical (unpaired) electrons. The molecule has 28 heavy (non-hydrogen) atoms. The van der Waals surface area contributed by atoms with E-state index < -0.39 is 18.0 Å². The molecule has 0 fully saturated rings. The van der Waals surface area contributed by atoms with Crippen LogP contribution in [0.2, 0.25) is 0 Å². The lowest BCUT2D eigenvalue weighted by Gasteiger charge is -2.15. The molecule has 3 rings (SSSR count). The summed E-state index contributed by atoms with van der Waals surface area (Å²) in [7, 11) is 0. The Morgan fingerprint density at radius 3 is 2.68 bits per heavy atom. The van der Waals surface area contributed by atoms with Crippen LogP contribution in [0.5, 0.6) is 5.75 Å². The first-order valence-corrected chi connectivity index (χ1v) is 9.95. The van der Waals surface area contributed by atoms with Crippen molar-refractivity contribution in [2.24, 2.45) is 0 Å². The standard InChI is InChI=1S/C21H22N2O4S/c1-3-26-17-10-6-4-8-15(17)23-21(25)14(2)27-20(24)13-12-19-22-16-9-5-7-11-18(16)28-19/h4-11,14H,3,12-13H2,1-2H3,(H,23,25). The van der Waals surface area contributed by atoms with E-state index >= 15 is 0 Å². The monoisotopic (exact) mass is 398 g/mol. The van der Waals surface area contributed by atoms with Gasteiger partial charge in [-0.2, -0.15) is 0 Å². The van der Waals surface area contributed by atoms with Gasteiger partial charge in [-0.25, -0.2) is 4.98 Å². The highest BCUT2D eigenvalue weighted by atomic mass is 32.1. The molecule has 1 heterocycles. The first-order valence-electron chi connectivity index (χ1n) is 9.13. The van der Waals surface area contributed by atoms with Gasteiger partial charge in [0.25, 0.3) is 5.91 Å². The third-order valence-corrected chi connectivity index (χ3v) is 5.10. The second-order valence-corrected chi connectivity index (χ2v) is 7.24. The number of nitrogens with one attached hydrogen (secondary N) is 1. The van der Waals surface area contributed by atoms with Gasteiger partial charge in [-0.3, -0.25) is 9.59 Å². The van der Waals surface area contributed by atoms with Gasteiger partial charge in [-0.15, -0.1) is 11.3 Å². The molecular formula is C21H22N2O4S. The molecule has 0 aliphatic carbocycles. The number of hydrogen-bond donors (Lipinski definition) is 1. The van der Waals surface area contributed by atoms with E-state index in [1.54, 1.807) is 36.5 Å². The van der Waals surface area contributed by atoms with E-state index in [0.29, 0.717) is 24.5 Å². The number of rotatable bonds is 8. The zero-order valence-electron chi connectivity index (χ0n) is 15.8. The smallest absolute Gasteiger partial charge is 0.306 e. The number of esters is 1. The summed E-state index contributed by atoms with van der Waals surface area (Å²) in [6.45, 7) is 3.91. The topological polar surface area (TPSA) is 77.5 Å². The average molecular weight is 398 g/mol. The Labute approximate surface area is 167 Å². The maximum absolute atomic E-state index is 12.3. The van der Waals surface area contributed by atoms with Gasteiger partial charge >= 0.3 is 5.97 Å². The van der Waals surface area contributed by atoms with Crippen LogP contribution < -0.4 is 10.1 Å². The third-order valence-electron chi connectivity index (χ3n) is 4.00. The maximum Gasteiger partial charge on any atom is 0.306 e. The summed E-state index contributed by atoms with van der Waals surface area (Å²) in [4.78, 5) is 29.0. The number of thiazole rings is 1. The molecular weight excluding hydrogens is 376 g/mol. The molecule has 0 aliphatic heterocycles. The fraction of sp³-hybridized carbons (Fsp3) is 0.286. The summed E-state index contributed by atoms with van der Waals surface area (Å²) in [5, 5.41) is 3.62. The van der Waals surface area contributed by atoms with Crippen molar-refractivity contribution in [2.45, 2.75) is 32.8 Å². The molecule has 1 N–H and O–H groups in total. The van der Waals surface area contributed by atoms with Crippen molar-refractivity contribution in [3.05, 3.63) is 53.5 Å². The van der Waals surface area contributed by atoms with E-state index in [-0.39, 0.29) is 6.42 Å². The molecule has 0 bridgehead atoms. The van der Waals surface area contributed by atoms with Gasteiger partial charge in [0, 0.05) is 6.42 Å². The van der Waals surface area contributed by atoms with Crippen molar-refractivity contribution in [3.8, 4) is 5.75 Å². The van der Waals surface area contributed by atoms with Crippen LogP contribution in [0.3, 0.4) is 0 Å². The fourth-order valence-electron chi connectivity index (χ4n) is 2.63. The number of anilines is 1. The number of fused-ring (bicyclic) bond motifs is 1. The summed E-state index contributed by atoms with van der Waals surface area (Å²) >= 11 is 1.56. The van der Waals surface area contributed by atoms with E-state index in [4.69, 9.17) is 9.47 Å². The highest BCUT2D eigenvalue weighted by Crippen LogP contribution is 2.24. The molecule has 1 unspecified atom stereocenters. The second-order valence-electron chi connectivity index (χ2n) is 6.13. The Hall–Kier alpha value is -2.93. The van der Waals surface area contributed by atoms with Gasteiger partial charge in [-0.05, 0) is 38.1 Å². The lowest BCUT2D eigenvalue weighted by molar-refractivity contribution is -0.153. The Kier molecular flexibility index (Phi) is 6.60. The quantitative estimate of drug-likeness (QED) is 0.576. The van der Waals surface area contributed by atoms with Gasteiger partial charge in [0.15, 0.2) is 6.10 Å². The SMILES string of the molecule is CCOc1ccccc1NC(=O)C(C)OC(=O)CCc1nc2ccccc2s1. The maximum atomic E-state index is 12.3. The molecule has 0 saturated carbocycles. The normalized spacial score (nSPS) is 11.8. The summed E-state index contributed by atoms with van der Waals surface area (Å²) in [6, 6.07) is 15.0. The predicted molar refractivity (Wildman–Crippen MR) is 110 cm³/mol. The Balaban J connectivity index is 1.51. The minimum absolute atomic E-state index is 0.174. The third kappa shape index (κ3) is 5.07. The van der Waals surface area contributed by atoms with Gasteiger partial charge in [0.05, 0.1) is 33.9 Å². The lowest BCUT2D eigenvalue weighted by Crippen LogP contribution is -2.30. The summed E-state index contributed by atoms with van der Waals surface area (Å²) < 4.78 is 11.8. The molecule has 1 atom stereocenters. The number of aromatic nitrogens is 1. The zero-order valence-corrected chi connectivity index (χ0v) is 16.6. The summed E-state index contributed by atoms with van der Waals surface area (Å²) in [5.74, 6) is -0.256. The van der Waals surface area contributed by atoms with Crippen LogP contribution in [0.15, 0.2) is 48.5 Å². The van der Waals surface area contributed by atoms with Crippen LogP contribution in [-0.4, -0.2) is 29.6 Å². The van der Waals surface area contributed by atoms with Gasteiger partial charge < -0.3 is 14.8 Å². The van der Waals surface area contributed by atoms with Crippen molar-refractivity contribution < 1.29 is 19.1 Å². The Morgan fingerprint density at radius 1 is 1.14 bits per heavy atom. The molecule has 6 nitrogen and oxygen atoms in total. The predicted octanol–water partition coefficient (Wildman–Crippen LogP) is 4.20. The number of benzene rings is 2. The van der Waals surface area contributed by atoms with Crippen molar-refractivity contribution in [1.29, 1.82) is 0 Å². The van der Waals surface area contributed by atoms with Crippen molar-refractivity contribution in [3.63, 3.8) is 0 Å². The number of nitrogens with zero attached hydrogens (tertiary/aromatic N) is 1. The number of para-hydroxylation sites is 3. The molecule has 0 aliphatic rings. The number of amides is 1. The number of carbonyl (C=O) groups is 2. The van der Waals surface area contributed by atoms with Crippen LogP contribution >= 0.6 is 11.3 Å². The summed E-state index contributed by atoms with van der Waals surface area (Å²) in [5.41, 5.74) is 1.48. The molecule has 0 spiro atoms. The van der Waals surface area contributed by atoms with Gasteiger partial charge in [0.2, 0.25) is 0 Å². The largest absolute Gasteiger partial charge is 0.492 e. The first kappa shape index (κ1) is 19.8. The zero-order chi connectivity index (χ0) is 19.9. The molecule has 3 aromatic rings. The van der Waals surface area contributed by atoms with E-state index in [1.165, 1.54) is 0 Å². The minimum atomic E-state index is -0.905. The average Bonchev–Trinajstić information content (AvgIpc) is 3.11. The molecule has 146 valence electrons. The van der Waals surface area contributed by atoms with Crippen molar-refractivity contribution >= 4 is 39.1 Å². The van der Waals surface area contributed by atoms with E-state index in [2.05, 4.69) is 10.3 Å². The van der Waals surface area contributed by atoms with Crippen LogP contribution in [0.1, 0.15) is 25.3 Å². The molecule has 1 amide bonds. The minimum Gasteiger partial charge on any atom is -0.492 e. The van der Waals surface area contributed by atoms with Crippen LogP contribution in [0, 0.1) is 0 Å². The molecule has 0 saturated heterocycles. The number of ether oxygens (including phenoxy) is 2. The van der Waals surface area contributed by atoms with Gasteiger partial charge in [-0.1, -0.05) is 24.3 Å². The number of aryl methyl sites for hydroxylation is 1. The number of carbonyl (C=O) groups excluding carboxylic acids is 2. The first-order chi connectivity index (χ1) is 13.6. The van der Waals surface area contributed by atoms with E-state index in [1.807, 2.05) is 37.3 Å². The Bertz CT molecular complexity index is 937.